The van der Waals surface area contributed by atoms with Crippen molar-refractivity contribution < 1.29 is 9.53 Å². The van der Waals surface area contributed by atoms with Gasteiger partial charge < -0.3 is 4.74 Å². The van der Waals surface area contributed by atoms with Gasteiger partial charge in [-0.3, -0.25) is 9.69 Å². The second kappa shape index (κ2) is 12.6. The minimum atomic E-state index is -0.190. The van der Waals surface area contributed by atoms with Crippen LogP contribution in [-0.2, 0) is 9.53 Å². The van der Waals surface area contributed by atoms with E-state index in [4.69, 9.17) is 16.3 Å². The molecule has 4 heteroatoms. The highest BCUT2D eigenvalue weighted by molar-refractivity contribution is 6.63. The monoisotopic (exact) mass is 303 g/mol. The maximum absolute atomic E-state index is 10.5. The van der Waals surface area contributed by atoms with Gasteiger partial charge in [0.1, 0.15) is 0 Å². The van der Waals surface area contributed by atoms with Crippen molar-refractivity contribution in [3.8, 4) is 0 Å². The van der Waals surface area contributed by atoms with Crippen molar-refractivity contribution in [2.24, 2.45) is 0 Å². The van der Waals surface area contributed by atoms with Crippen LogP contribution in [0.1, 0.15) is 64.2 Å². The summed E-state index contributed by atoms with van der Waals surface area (Å²) in [5, 5.41) is -0.190. The zero-order valence-electron chi connectivity index (χ0n) is 12.7. The van der Waals surface area contributed by atoms with Crippen molar-refractivity contribution >= 4 is 16.8 Å². The highest BCUT2D eigenvalue weighted by Crippen LogP contribution is 2.11. The summed E-state index contributed by atoms with van der Waals surface area (Å²) in [5.41, 5.74) is 0. The molecule has 1 aliphatic heterocycles. The highest BCUT2D eigenvalue weighted by atomic mass is 35.5. The number of rotatable bonds is 12. The van der Waals surface area contributed by atoms with Crippen LogP contribution in [0.2, 0.25) is 0 Å². The molecule has 0 amide bonds. The number of hydrogen-bond acceptors (Lipinski definition) is 3. The van der Waals surface area contributed by atoms with Crippen molar-refractivity contribution in [1.29, 1.82) is 0 Å². The van der Waals surface area contributed by atoms with Gasteiger partial charge in [-0.15, -0.1) is 0 Å². The Bertz CT molecular complexity index is 243. The Balaban J connectivity index is 1.73. The predicted octanol–water partition coefficient (Wildman–Crippen LogP) is 3.99. The van der Waals surface area contributed by atoms with Crippen molar-refractivity contribution in [3.05, 3.63) is 0 Å². The second-order valence-electron chi connectivity index (χ2n) is 5.74. The number of morpholine rings is 1. The smallest absolute Gasteiger partial charge is 0.221 e. The van der Waals surface area contributed by atoms with Crippen molar-refractivity contribution in [2.45, 2.75) is 64.2 Å². The van der Waals surface area contributed by atoms with Gasteiger partial charge in [0.25, 0.3) is 0 Å². The molecule has 20 heavy (non-hydrogen) atoms. The van der Waals surface area contributed by atoms with E-state index in [-0.39, 0.29) is 5.24 Å². The predicted molar refractivity (Wildman–Crippen MR) is 84.3 cm³/mol. The fourth-order valence-corrected chi connectivity index (χ4v) is 2.80. The summed E-state index contributed by atoms with van der Waals surface area (Å²) < 4.78 is 5.34. The van der Waals surface area contributed by atoms with Gasteiger partial charge in [0.15, 0.2) is 0 Å². The molecule has 1 rings (SSSR count). The van der Waals surface area contributed by atoms with E-state index in [0.717, 1.165) is 39.1 Å². The molecule has 1 fully saturated rings. The molecule has 0 aromatic carbocycles. The zero-order valence-corrected chi connectivity index (χ0v) is 13.5. The Hall–Kier alpha value is -0.120. The number of carbonyl (C=O) groups excluding carboxylic acids is 1. The molecule has 0 unspecified atom stereocenters. The summed E-state index contributed by atoms with van der Waals surface area (Å²) in [6.07, 6.45) is 12.0. The maximum Gasteiger partial charge on any atom is 0.221 e. The van der Waals surface area contributed by atoms with Crippen LogP contribution in [0.15, 0.2) is 0 Å². The molecule has 0 radical (unpaired) electrons. The summed E-state index contributed by atoms with van der Waals surface area (Å²) in [6, 6.07) is 0. The summed E-state index contributed by atoms with van der Waals surface area (Å²) in [5.74, 6) is 0. The molecular formula is C16H30ClNO2. The number of nitrogens with zero attached hydrogens (tertiary/aromatic N) is 1. The number of hydrogen-bond donors (Lipinski definition) is 0. The van der Waals surface area contributed by atoms with Gasteiger partial charge >= 0.3 is 0 Å². The Kier molecular flexibility index (Phi) is 11.3. The van der Waals surface area contributed by atoms with Gasteiger partial charge in [0, 0.05) is 19.5 Å². The topological polar surface area (TPSA) is 29.5 Å². The lowest BCUT2D eigenvalue weighted by atomic mass is 10.1. The van der Waals surface area contributed by atoms with Crippen LogP contribution >= 0.6 is 11.6 Å². The standard InChI is InChI=1S/C16H30ClNO2/c17-16(19)10-8-6-4-2-1-3-5-7-9-11-18-12-14-20-15-13-18/h1-15H2. The lowest BCUT2D eigenvalue weighted by Gasteiger charge is -2.26. The summed E-state index contributed by atoms with van der Waals surface area (Å²) in [4.78, 5) is 13.1. The summed E-state index contributed by atoms with van der Waals surface area (Å²) >= 11 is 5.30. The molecule has 0 bridgehead atoms. The van der Waals surface area contributed by atoms with E-state index in [1.54, 1.807) is 0 Å². The van der Waals surface area contributed by atoms with Crippen LogP contribution < -0.4 is 0 Å². The Morgan fingerprint density at radius 3 is 1.90 bits per heavy atom. The molecule has 0 spiro atoms. The van der Waals surface area contributed by atoms with Gasteiger partial charge in [-0.2, -0.15) is 0 Å². The highest BCUT2D eigenvalue weighted by Gasteiger charge is 2.08. The molecule has 0 aromatic heterocycles. The van der Waals surface area contributed by atoms with Crippen LogP contribution in [-0.4, -0.2) is 43.0 Å². The third kappa shape index (κ3) is 10.6. The van der Waals surface area contributed by atoms with Crippen LogP contribution in [0.3, 0.4) is 0 Å². The quantitative estimate of drug-likeness (QED) is 0.403. The van der Waals surface area contributed by atoms with Crippen molar-refractivity contribution in [3.63, 3.8) is 0 Å². The maximum atomic E-state index is 10.5. The molecule has 1 saturated heterocycles. The zero-order chi connectivity index (χ0) is 14.5. The summed E-state index contributed by atoms with van der Waals surface area (Å²) in [7, 11) is 0. The minimum absolute atomic E-state index is 0.190. The Morgan fingerprint density at radius 2 is 1.35 bits per heavy atom. The number of ether oxygens (including phenoxy) is 1. The SMILES string of the molecule is O=C(Cl)CCCCCCCCCCCN1CCOCC1. The average molecular weight is 304 g/mol. The molecule has 0 saturated carbocycles. The van der Waals surface area contributed by atoms with Crippen molar-refractivity contribution in [1.82, 2.24) is 4.90 Å². The van der Waals surface area contributed by atoms with Gasteiger partial charge in [-0.05, 0) is 31.0 Å². The van der Waals surface area contributed by atoms with E-state index in [9.17, 15) is 4.79 Å². The molecule has 0 N–H and O–H groups in total. The first-order valence-electron chi connectivity index (χ1n) is 8.27. The van der Waals surface area contributed by atoms with E-state index in [1.165, 1.54) is 51.5 Å². The second-order valence-corrected chi connectivity index (χ2v) is 6.16. The first kappa shape index (κ1) is 17.9. The fourth-order valence-electron chi connectivity index (χ4n) is 2.66. The number of unbranched alkanes of at least 4 members (excludes halogenated alkanes) is 8. The third-order valence-electron chi connectivity index (χ3n) is 3.95. The average Bonchev–Trinajstić information content (AvgIpc) is 2.45. The lowest BCUT2D eigenvalue weighted by Crippen LogP contribution is -2.36. The third-order valence-corrected chi connectivity index (χ3v) is 4.14. The van der Waals surface area contributed by atoms with Gasteiger partial charge in [0.05, 0.1) is 13.2 Å². The van der Waals surface area contributed by atoms with Crippen molar-refractivity contribution in [2.75, 3.05) is 32.8 Å². The van der Waals surface area contributed by atoms with Gasteiger partial charge in [0.2, 0.25) is 5.24 Å². The molecule has 1 heterocycles. The largest absolute Gasteiger partial charge is 0.379 e. The van der Waals surface area contributed by atoms with Gasteiger partial charge in [-0.1, -0.05) is 44.9 Å². The molecular weight excluding hydrogens is 274 g/mol. The minimum Gasteiger partial charge on any atom is -0.379 e. The normalized spacial score (nSPS) is 16.4. The summed E-state index contributed by atoms with van der Waals surface area (Å²) in [6.45, 7) is 5.30. The van der Waals surface area contributed by atoms with E-state index in [1.807, 2.05) is 0 Å². The first-order chi connectivity index (χ1) is 9.79. The van der Waals surface area contributed by atoms with E-state index >= 15 is 0 Å². The van der Waals surface area contributed by atoms with Gasteiger partial charge in [-0.25, -0.2) is 0 Å². The molecule has 0 atom stereocenters. The molecule has 1 aliphatic rings. The lowest BCUT2D eigenvalue weighted by molar-refractivity contribution is -0.111. The van der Waals surface area contributed by atoms with Crippen LogP contribution in [0.4, 0.5) is 0 Å². The fraction of sp³-hybridized carbons (Fsp3) is 0.938. The van der Waals surface area contributed by atoms with E-state index in [0.29, 0.717) is 6.42 Å². The first-order valence-corrected chi connectivity index (χ1v) is 8.65. The van der Waals surface area contributed by atoms with Crippen LogP contribution in [0.5, 0.6) is 0 Å². The van der Waals surface area contributed by atoms with Crippen LogP contribution in [0, 0.1) is 0 Å². The van der Waals surface area contributed by atoms with E-state index in [2.05, 4.69) is 4.90 Å². The Labute approximate surface area is 129 Å². The molecule has 118 valence electrons. The van der Waals surface area contributed by atoms with E-state index < -0.39 is 0 Å². The molecule has 0 aliphatic carbocycles. The molecule has 3 nitrogen and oxygen atoms in total. The molecule has 0 aromatic rings. The number of halogens is 1. The Morgan fingerprint density at radius 1 is 0.850 bits per heavy atom. The number of carbonyl (C=O) groups is 1. The van der Waals surface area contributed by atoms with Crippen LogP contribution in [0.25, 0.3) is 0 Å².